The smallest absolute Gasteiger partial charge is 0.264 e. The van der Waals surface area contributed by atoms with Crippen LogP contribution in [0.4, 0.5) is 5.69 Å². The number of aryl methyl sites for hydroxylation is 2. The monoisotopic (exact) mass is 617 g/mol. The van der Waals surface area contributed by atoms with Gasteiger partial charge in [0.2, 0.25) is 11.8 Å². The number of carbonyl (C=O) groups is 2. The second-order valence-corrected chi connectivity index (χ2v) is 13.1. The van der Waals surface area contributed by atoms with Gasteiger partial charge >= 0.3 is 0 Å². The molecule has 0 unspecified atom stereocenters. The van der Waals surface area contributed by atoms with Crippen LogP contribution in [0, 0.1) is 19.8 Å². The van der Waals surface area contributed by atoms with Crippen LogP contribution in [-0.2, 0) is 26.2 Å². The Morgan fingerprint density at radius 2 is 1.59 bits per heavy atom. The van der Waals surface area contributed by atoms with Crippen LogP contribution in [0.25, 0.3) is 0 Å². The average Bonchev–Trinajstić information content (AvgIpc) is 2.93. The first-order chi connectivity index (χ1) is 19.3. The van der Waals surface area contributed by atoms with Crippen molar-refractivity contribution in [3.05, 3.63) is 93.5 Å². The van der Waals surface area contributed by atoms with Gasteiger partial charge in [0.15, 0.2) is 0 Å². The minimum absolute atomic E-state index is 0.0270. The normalized spacial score (nSPS) is 12.2. The van der Waals surface area contributed by atoms with Crippen molar-refractivity contribution >= 4 is 50.7 Å². The maximum Gasteiger partial charge on any atom is 0.264 e. The zero-order valence-electron chi connectivity index (χ0n) is 24.0. The summed E-state index contributed by atoms with van der Waals surface area (Å²) in [5.74, 6) is -0.651. The number of anilines is 1. The van der Waals surface area contributed by atoms with Crippen molar-refractivity contribution in [3.8, 4) is 0 Å². The minimum atomic E-state index is -4.18. The molecule has 0 spiro atoms. The number of hydrogen-bond donors (Lipinski definition) is 1. The van der Waals surface area contributed by atoms with Gasteiger partial charge in [-0.15, -0.1) is 0 Å². The summed E-state index contributed by atoms with van der Waals surface area (Å²) in [7, 11) is -4.18. The Balaban J connectivity index is 2.08. The first-order valence-corrected chi connectivity index (χ1v) is 15.7. The number of amides is 2. The second-order valence-electron chi connectivity index (χ2n) is 10.4. The molecule has 0 radical (unpaired) electrons. The van der Waals surface area contributed by atoms with E-state index in [1.54, 1.807) is 48.5 Å². The number of rotatable bonds is 12. The van der Waals surface area contributed by atoms with Gasteiger partial charge in [-0.05, 0) is 67.6 Å². The first kappa shape index (κ1) is 32.4. The number of carbonyl (C=O) groups excluding carboxylic acids is 2. The fourth-order valence-electron chi connectivity index (χ4n) is 4.26. The van der Waals surface area contributed by atoms with Gasteiger partial charge in [0.05, 0.1) is 10.6 Å². The highest BCUT2D eigenvalue weighted by molar-refractivity contribution is 7.92. The number of halogens is 2. The third-order valence-electron chi connectivity index (χ3n) is 6.70. The molecule has 0 fully saturated rings. The molecule has 0 aliphatic heterocycles. The minimum Gasteiger partial charge on any atom is -0.354 e. The highest BCUT2D eigenvalue weighted by Gasteiger charge is 2.34. The third kappa shape index (κ3) is 8.24. The van der Waals surface area contributed by atoms with Gasteiger partial charge in [0.1, 0.15) is 12.6 Å². The van der Waals surface area contributed by atoms with Crippen molar-refractivity contribution in [2.45, 2.75) is 58.5 Å². The lowest BCUT2D eigenvalue weighted by Gasteiger charge is -2.33. The van der Waals surface area contributed by atoms with Gasteiger partial charge in [-0.1, -0.05) is 85.9 Å². The van der Waals surface area contributed by atoms with E-state index in [1.165, 1.54) is 23.1 Å². The van der Waals surface area contributed by atoms with E-state index in [0.717, 1.165) is 15.4 Å². The average molecular weight is 619 g/mol. The molecule has 3 aromatic carbocycles. The lowest BCUT2D eigenvalue weighted by molar-refractivity contribution is -0.140. The summed E-state index contributed by atoms with van der Waals surface area (Å²) in [5, 5.41) is 3.72. The third-order valence-corrected chi connectivity index (χ3v) is 9.26. The molecule has 2 amide bonds. The molecule has 0 aliphatic carbocycles. The van der Waals surface area contributed by atoms with Crippen molar-refractivity contribution in [2.24, 2.45) is 5.92 Å². The summed E-state index contributed by atoms with van der Waals surface area (Å²) in [6.07, 6.45) is 0.321. The van der Waals surface area contributed by atoms with E-state index < -0.39 is 28.5 Å². The Labute approximate surface area is 253 Å². The van der Waals surface area contributed by atoms with Gasteiger partial charge < -0.3 is 10.2 Å². The molecule has 0 bridgehead atoms. The Hall–Kier alpha value is -3.07. The van der Waals surface area contributed by atoms with Gasteiger partial charge in [-0.3, -0.25) is 13.9 Å². The maximum absolute atomic E-state index is 14.1. The fraction of sp³-hybridized carbons (Fsp3) is 0.355. The van der Waals surface area contributed by atoms with E-state index in [9.17, 15) is 18.0 Å². The highest BCUT2D eigenvalue weighted by atomic mass is 35.5. The highest BCUT2D eigenvalue weighted by Crippen LogP contribution is 2.29. The Kier molecular flexibility index (Phi) is 11.2. The molecule has 0 aliphatic rings. The molecule has 3 aromatic rings. The zero-order chi connectivity index (χ0) is 30.3. The number of hydrogen-bond acceptors (Lipinski definition) is 4. The van der Waals surface area contributed by atoms with Crippen LogP contribution < -0.4 is 9.62 Å². The quantitative estimate of drug-likeness (QED) is 0.255. The van der Waals surface area contributed by atoms with Crippen LogP contribution >= 0.6 is 23.2 Å². The van der Waals surface area contributed by atoms with E-state index in [-0.39, 0.29) is 29.0 Å². The van der Waals surface area contributed by atoms with Crippen molar-refractivity contribution in [3.63, 3.8) is 0 Å². The van der Waals surface area contributed by atoms with Gasteiger partial charge in [-0.2, -0.15) is 0 Å². The maximum atomic E-state index is 14.1. The lowest BCUT2D eigenvalue weighted by atomic mass is 10.1. The zero-order valence-corrected chi connectivity index (χ0v) is 26.4. The van der Waals surface area contributed by atoms with Crippen LogP contribution in [0.3, 0.4) is 0 Å². The number of nitrogens with one attached hydrogen (secondary N) is 1. The molecule has 0 saturated carbocycles. The number of benzene rings is 3. The van der Waals surface area contributed by atoms with Crippen LogP contribution in [0.1, 0.15) is 43.9 Å². The molecule has 220 valence electrons. The van der Waals surface area contributed by atoms with E-state index in [4.69, 9.17) is 23.2 Å². The fourth-order valence-corrected chi connectivity index (χ4v) is 6.03. The lowest BCUT2D eigenvalue weighted by Crippen LogP contribution is -2.52. The van der Waals surface area contributed by atoms with Gasteiger partial charge in [0.25, 0.3) is 10.0 Å². The number of sulfonamides is 1. The summed E-state index contributed by atoms with van der Waals surface area (Å²) in [4.78, 5) is 28.9. The molecular formula is C31H37Cl2N3O4S. The molecule has 0 heterocycles. The van der Waals surface area contributed by atoms with Crippen LogP contribution in [-0.4, -0.2) is 44.3 Å². The molecule has 7 nitrogen and oxygen atoms in total. The number of nitrogens with zero attached hydrogens (tertiary/aromatic N) is 2. The molecule has 3 rings (SSSR count). The summed E-state index contributed by atoms with van der Waals surface area (Å²) in [6, 6.07) is 17.5. The molecule has 41 heavy (non-hydrogen) atoms. The van der Waals surface area contributed by atoms with E-state index in [2.05, 4.69) is 5.32 Å². The van der Waals surface area contributed by atoms with Crippen molar-refractivity contribution in [1.82, 2.24) is 10.2 Å². The van der Waals surface area contributed by atoms with Crippen molar-refractivity contribution in [2.75, 3.05) is 17.4 Å². The SMILES string of the molecule is CC[C@@H](C(=O)NCC(C)C)N(Cc1ccccc1Cl)C(=O)CN(c1ccc(C)c(Cl)c1)S(=O)(=O)c1ccc(C)cc1. The predicted molar refractivity (Wildman–Crippen MR) is 166 cm³/mol. The molecule has 1 atom stereocenters. The summed E-state index contributed by atoms with van der Waals surface area (Å²) in [6.45, 7) is 9.37. The van der Waals surface area contributed by atoms with Gasteiger partial charge in [0, 0.05) is 23.1 Å². The molecule has 10 heteroatoms. The molecule has 0 saturated heterocycles. The molecule has 1 N–H and O–H groups in total. The predicted octanol–water partition coefficient (Wildman–Crippen LogP) is 6.39. The summed E-state index contributed by atoms with van der Waals surface area (Å²) in [5.41, 5.74) is 2.55. The topological polar surface area (TPSA) is 86.8 Å². The Morgan fingerprint density at radius 1 is 0.927 bits per heavy atom. The van der Waals surface area contributed by atoms with E-state index in [1.807, 2.05) is 34.6 Å². The van der Waals surface area contributed by atoms with E-state index in [0.29, 0.717) is 28.6 Å². The summed E-state index contributed by atoms with van der Waals surface area (Å²) < 4.78 is 29.0. The summed E-state index contributed by atoms with van der Waals surface area (Å²) >= 11 is 12.8. The standard InChI is InChI=1S/C31H37Cl2N3O4S/c1-6-29(31(38)34-18-21(2)3)35(19-24-9-7-8-10-27(24)32)30(37)20-36(25-14-13-23(5)28(33)17-25)41(39,40)26-15-11-22(4)12-16-26/h7-17,21,29H,6,18-20H2,1-5H3,(H,34,38)/t29-/m0/s1. The second kappa shape index (κ2) is 14.2. The van der Waals surface area contributed by atoms with Crippen LogP contribution in [0.15, 0.2) is 71.6 Å². The van der Waals surface area contributed by atoms with Crippen molar-refractivity contribution < 1.29 is 18.0 Å². The van der Waals surface area contributed by atoms with E-state index >= 15 is 0 Å². The van der Waals surface area contributed by atoms with Crippen LogP contribution in [0.2, 0.25) is 10.0 Å². The van der Waals surface area contributed by atoms with Crippen LogP contribution in [0.5, 0.6) is 0 Å². The molecule has 0 aromatic heterocycles. The Bertz CT molecular complexity index is 1480. The van der Waals surface area contributed by atoms with Gasteiger partial charge in [-0.25, -0.2) is 8.42 Å². The first-order valence-electron chi connectivity index (χ1n) is 13.5. The molecular weight excluding hydrogens is 581 g/mol. The Morgan fingerprint density at radius 3 is 2.17 bits per heavy atom. The van der Waals surface area contributed by atoms with Crippen molar-refractivity contribution in [1.29, 1.82) is 0 Å². The largest absolute Gasteiger partial charge is 0.354 e.